The fourth-order valence-electron chi connectivity index (χ4n) is 2.88. The molecule has 1 aliphatic rings. The van der Waals surface area contributed by atoms with Gasteiger partial charge in [0, 0.05) is 11.5 Å². The zero-order chi connectivity index (χ0) is 17.5. The summed E-state index contributed by atoms with van der Waals surface area (Å²) in [6.45, 7) is 0.186. The Balaban J connectivity index is 1.44. The van der Waals surface area contributed by atoms with Gasteiger partial charge in [0.15, 0.2) is 11.5 Å². The van der Waals surface area contributed by atoms with Crippen LogP contribution in [0, 0.1) is 0 Å². The largest absolute Gasteiger partial charge is 0.454 e. The third-order valence-corrected chi connectivity index (χ3v) is 4.13. The molecule has 2 aromatic carbocycles. The zero-order valence-corrected chi connectivity index (χ0v) is 13.4. The highest BCUT2D eigenvalue weighted by molar-refractivity contribution is 5.89. The highest BCUT2D eigenvalue weighted by Crippen LogP contribution is 2.35. The number of benzene rings is 2. The minimum atomic E-state index is -0.244. The van der Waals surface area contributed by atoms with E-state index in [9.17, 15) is 4.79 Å². The van der Waals surface area contributed by atoms with Gasteiger partial charge in [-0.15, -0.1) is 0 Å². The van der Waals surface area contributed by atoms with Crippen molar-refractivity contribution in [2.75, 3.05) is 12.2 Å². The van der Waals surface area contributed by atoms with Crippen LogP contribution < -0.4 is 20.5 Å². The molecule has 0 fully saturated rings. The lowest BCUT2D eigenvalue weighted by molar-refractivity contribution is 0.174. The van der Waals surface area contributed by atoms with Crippen molar-refractivity contribution in [2.24, 2.45) is 5.10 Å². The number of pyridine rings is 1. The number of aromatic amines is 2. The summed E-state index contributed by atoms with van der Waals surface area (Å²) >= 11 is 0. The fraction of sp³-hybridized carbons (Fsp3) is 0.0556. The maximum Gasteiger partial charge on any atom is 0.257 e. The molecule has 0 saturated carbocycles. The van der Waals surface area contributed by atoms with Gasteiger partial charge in [-0.05, 0) is 24.3 Å². The van der Waals surface area contributed by atoms with Crippen LogP contribution in [0.4, 0.5) is 5.95 Å². The van der Waals surface area contributed by atoms with E-state index in [1.54, 1.807) is 12.1 Å². The highest BCUT2D eigenvalue weighted by Gasteiger charge is 2.15. The lowest BCUT2D eigenvalue weighted by atomic mass is 10.1. The number of ether oxygens (including phenoxy) is 2. The van der Waals surface area contributed by atoms with Crippen molar-refractivity contribution in [2.45, 2.75) is 0 Å². The molecule has 128 valence electrons. The van der Waals surface area contributed by atoms with E-state index in [2.05, 4.69) is 25.5 Å². The van der Waals surface area contributed by atoms with E-state index in [0.717, 1.165) is 16.4 Å². The van der Waals surface area contributed by atoms with Crippen LogP contribution in [0.2, 0.25) is 0 Å². The van der Waals surface area contributed by atoms with Gasteiger partial charge in [-0.25, -0.2) is 10.4 Å². The van der Waals surface area contributed by atoms with E-state index in [1.807, 2.05) is 30.3 Å². The van der Waals surface area contributed by atoms with Gasteiger partial charge in [0.25, 0.3) is 5.56 Å². The summed E-state index contributed by atoms with van der Waals surface area (Å²) in [5.74, 6) is 1.79. The lowest BCUT2D eigenvalue weighted by Crippen LogP contribution is -2.12. The van der Waals surface area contributed by atoms with Crippen molar-refractivity contribution in [1.29, 1.82) is 0 Å². The van der Waals surface area contributed by atoms with Crippen molar-refractivity contribution in [3.63, 3.8) is 0 Å². The number of hydrogen-bond acceptors (Lipinski definition) is 6. The van der Waals surface area contributed by atoms with Gasteiger partial charge in [0.05, 0.1) is 28.3 Å². The average Bonchev–Trinajstić information content (AvgIpc) is 3.26. The maximum atomic E-state index is 12.2. The molecular weight excluding hydrogens is 334 g/mol. The van der Waals surface area contributed by atoms with E-state index >= 15 is 0 Å². The Labute approximate surface area is 146 Å². The molecule has 1 aliphatic heterocycles. The van der Waals surface area contributed by atoms with Gasteiger partial charge in [-0.1, -0.05) is 12.1 Å². The van der Waals surface area contributed by atoms with E-state index in [-0.39, 0.29) is 12.4 Å². The SMILES string of the molecule is O=c1[nH]c2cc3c(cc2cc1/C=N\Nc1nc2ccccc2[nH]1)OCO3. The van der Waals surface area contributed by atoms with Crippen molar-refractivity contribution in [1.82, 2.24) is 15.0 Å². The third kappa shape index (κ3) is 2.44. The molecule has 0 amide bonds. The first-order valence-electron chi connectivity index (χ1n) is 7.97. The first-order chi connectivity index (χ1) is 12.8. The first kappa shape index (κ1) is 14.5. The number of H-pyrrole nitrogens is 2. The second-order valence-corrected chi connectivity index (χ2v) is 5.82. The van der Waals surface area contributed by atoms with E-state index in [1.165, 1.54) is 6.21 Å². The molecule has 0 aliphatic carbocycles. The monoisotopic (exact) mass is 347 g/mol. The second kappa shape index (κ2) is 5.62. The predicted octanol–water partition coefficient (Wildman–Crippen LogP) is 2.58. The summed E-state index contributed by atoms with van der Waals surface area (Å²) in [6, 6.07) is 13.0. The summed E-state index contributed by atoms with van der Waals surface area (Å²) in [5, 5.41) is 4.93. The Morgan fingerprint density at radius 1 is 1.08 bits per heavy atom. The number of para-hydroxylation sites is 2. The van der Waals surface area contributed by atoms with Crippen LogP contribution in [0.5, 0.6) is 11.5 Å². The number of imidazole rings is 1. The molecule has 4 aromatic rings. The van der Waals surface area contributed by atoms with Crippen LogP contribution >= 0.6 is 0 Å². The quantitative estimate of drug-likeness (QED) is 0.390. The van der Waals surface area contributed by atoms with Crippen molar-refractivity contribution in [3.8, 4) is 11.5 Å². The van der Waals surface area contributed by atoms with Crippen molar-refractivity contribution in [3.05, 3.63) is 58.4 Å². The molecule has 8 nitrogen and oxygen atoms in total. The number of aromatic nitrogens is 3. The van der Waals surface area contributed by atoms with Gasteiger partial charge in [0.2, 0.25) is 12.7 Å². The van der Waals surface area contributed by atoms with Gasteiger partial charge in [-0.2, -0.15) is 5.10 Å². The van der Waals surface area contributed by atoms with Crippen LogP contribution in [0.3, 0.4) is 0 Å². The Morgan fingerprint density at radius 2 is 1.92 bits per heavy atom. The highest BCUT2D eigenvalue weighted by atomic mass is 16.7. The van der Waals surface area contributed by atoms with E-state index in [4.69, 9.17) is 9.47 Å². The number of hydrogen-bond donors (Lipinski definition) is 3. The number of fused-ring (bicyclic) bond motifs is 3. The van der Waals surface area contributed by atoms with Crippen LogP contribution in [-0.2, 0) is 0 Å². The number of hydrazone groups is 1. The minimum Gasteiger partial charge on any atom is -0.454 e. The molecule has 0 spiro atoms. The van der Waals surface area contributed by atoms with Crippen molar-refractivity contribution >= 4 is 34.1 Å². The number of nitrogens with one attached hydrogen (secondary N) is 3. The third-order valence-electron chi connectivity index (χ3n) is 4.13. The summed E-state index contributed by atoms with van der Waals surface area (Å²) in [7, 11) is 0. The zero-order valence-electron chi connectivity index (χ0n) is 13.4. The molecule has 0 atom stereocenters. The van der Waals surface area contributed by atoms with Crippen LogP contribution in [0.1, 0.15) is 5.56 Å². The number of anilines is 1. The van der Waals surface area contributed by atoms with Gasteiger partial charge in [0.1, 0.15) is 0 Å². The Kier molecular flexibility index (Phi) is 3.14. The van der Waals surface area contributed by atoms with Crippen LogP contribution in [0.15, 0.2) is 52.4 Å². The summed E-state index contributed by atoms with van der Waals surface area (Å²) < 4.78 is 10.7. The summed E-state index contributed by atoms with van der Waals surface area (Å²) in [6.07, 6.45) is 1.45. The molecule has 2 aromatic heterocycles. The molecule has 0 radical (unpaired) electrons. The molecule has 5 rings (SSSR count). The smallest absolute Gasteiger partial charge is 0.257 e. The summed E-state index contributed by atoms with van der Waals surface area (Å²) in [5.41, 5.74) is 5.40. The molecule has 0 bridgehead atoms. The van der Waals surface area contributed by atoms with E-state index < -0.39 is 0 Å². The lowest BCUT2D eigenvalue weighted by Gasteiger charge is -2.02. The molecular formula is C18H13N5O3. The Morgan fingerprint density at radius 3 is 2.81 bits per heavy atom. The Hall–Kier alpha value is -3.81. The van der Waals surface area contributed by atoms with Crippen LogP contribution in [-0.4, -0.2) is 28.0 Å². The number of nitrogens with zero attached hydrogens (tertiary/aromatic N) is 2. The van der Waals surface area contributed by atoms with E-state index in [0.29, 0.717) is 28.5 Å². The first-order valence-corrected chi connectivity index (χ1v) is 7.97. The van der Waals surface area contributed by atoms with Crippen molar-refractivity contribution < 1.29 is 9.47 Å². The molecule has 8 heteroatoms. The average molecular weight is 347 g/mol. The molecule has 0 saturated heterocycles. The molecule has 0 unspecified atom stereocenters. The number of rotatable bonds is 3. The summed E-state index contributed by atoms with van der Waals surface area (Å²) in [4.78, 5) is 22.5. The second-order valence-electron chi connectivity index (χ2n) is 5.82. The van der Waals surface area contributed by atoms with Gasteiger partial charge < -0.3 is 19.4 Å². The molecule has 3 N–H and O–H groups in total. The molecule has 3 heterocycles. The molecule has 26 heavy (non-hydrogen) atoms. The standard InChI is InChI=1S/C18H13N5O3/c24-17-11(5-10-6-15-16(26-9-25-15)7-14(10)20-17)8-19-23-18-21-12-3-1-2-4-13(12)22-18/h1-8H,9H2,(H,20,24)(H2,21,22,23)/b19-8-. The fourth-order valence-corrected chi connectivity index (χ4v) is 2.88. The normalized spacial score (nSPS) is 13.1. The predicted molar refractivity (Wildman–Crippen MR) is 98.0 cm³/mol. The Bertz CT molecular complexity index is 1190. The topological polar surface area (TPSA) is 104 Å². The minimum absolute atomic E-state index is 0.186. The van der Waals surface area contributed by atoms with Gasteiger partial charge >= 0.3 is 0 Å². The van der Waals surface area contributed by atoms with Gasteiger partial charge in [-0.3, -0.25) is 4.79 Å². The van der Waals surface area contributed by atoms with Crippen LogP contribution in [0.25, 0.3) is 21.9 Å². The maximum absolute atomic E-state index is 12.2.